The van der Waals surface area contributed by atoms with Crippen molar-refractivity contribution in [2.24, 2.45) is 0 Å². The molecule has 4 aromatic rings. The van der Waals surface area contributed by atoms with E-state index in [4.69, 9.17) is 4.74 Å². The Hall–Kier alpha value is -3.81. The van der Waals surface area contributed by atoms with Crippen molar-refractivity contribution in [2.75, 3.05) is 0 Å². The molecule has 0 bridgehead atoms. The van der Waals surface area contributed by atoms with E-state index in [1.54, 1.807) is 48.1 Å². The zero-order valence-corrected chi connectivity index (χ0v) is 19.9. The normalized spacial score (nSPS) is 13.5. The van der Waals surface area contributed by atoms with Crippen molar-refractivity contribution in [1.82, 2.24) is 15.1 Å². The summed E-state index contributed by atoms with van der Waals surface area (Å²) >= 11 is 0. The lowest BCUT2D eigenvalue weighted by Gasteiger charge is -2.29. The fraction of sp³-hybridized carbons (Fsp3) is 0.259. The van der Waals surface area contributed by atoms with E-state index < -0.39 is 29.5 Å². The van der Waals surface area contributed by atoms with Gasteiger partial charge in [0.25, 0.3) is 5.91 Å². The lowest BCUT2D eigenvalue weighted by Crippen LogP contribution is -2.46. The number of nitrogens with one attached hydrogen (secondary N) is 1. The summed E-state index contributed by atoms with van der Waals surface area (Å²) in [4.78, 5) is 12.3. The van der Waals surface area contributed by atoms with Crippen LogP contribution in [0.5, 0.6) is 5.75 Å². The van der Waals surface area contributed by atoms with Gasteiger partial charge in [0.2, 0.25) is 0 Å². The number of ether oxygens (including phenoxy) is 1. The van der Waals surface area contributed by atoms with Crippen molar-refractivity contribution in [3.05, 3.63) is 89.6 Å². The number of aromatic nitrogens is 2. The quantitative estimate of drug-likeness (QED) is 0.353. The molecule has 0 saturated carbocycles. The zero-order chi connectivity index (χ0) is 25.3. The van der Waals surface area contributed by atoms with Gasteiger partial charge in [-0.2, -0.15) is 5.10 Å². The Morgan fingerprint density at radius 3 is 2.40 bits per heavy atom. The predicted octanol–water partition coefficient (Wildman–Crippen LogP) is 5.99. The van der Waals surface area contributed by atoms with E-state index in [2.05, 4.69) is 10.4 Å². The van der Waals surface area contributed by atoms with Gasteiger partial charge in [0.05, 0.1) is 23.4 Å². The van der Waals surface area contributed by atoms with Crippen LogP contribution in [0.2, 0.25) is 0 Å². The molecule has 8 heteroatoms. The van der Waals surface area contributed by atoms with Crippen LogP contribution in [0, 0.1) is 18.6 Å². The van der Waals surface area contributed by atoms with Crippen LogP contribution in [0.25, 0.3) is 16.6 Å². The van der Waals surface area contributed by atoms with Crippen molar-refractivity contribution in [1.29, 1.82) is 0 Å². The van der Waals surface area contributed by atoms with Crippen molar-refractivity contribution >= 4 is 16.8 Å². The maximum absolute atomic E-state index is 14.2. The fourth-order valence-corrected chi connectivity index (χ4v) is 3.83. The Balaban J connectivity index is 1.68. The molecule has 35 heavy (non-hydrogen) atoms. The number of hydrogen-bond donors (Lipinski definition) is 1. The maximum atomic E-state index is 14.2. The molecule has 4 rings (SSSR count). The van der Waals surface area contributed by atoms with Gasteiger partial charge < -0.3 is 10.1 Å². The van der Waals surface area contributed by atoms with E-state index in [-0.39, 0.29) is 5.82 Å². The molecule has 0 aliphatic rings. The Labute approximate surface area is 201 Å². The molecular weight excluding hydrogens is 455 g/mol. The number of halogens is 3. The van der Waals surface area contributed by atoms with E-state index in [1.807, 2.05) is 13.0 Å². The average molecular weight is 482 g/mol. The SMILES string of the molecule is Cc1ccc(F)cc1C(Oc1ccc2c(cnn2-c2ccc(F)cc2)c1)C(C)NC(=O)C(C)(C)F. The van der Waals surface area contributed by atoms with Crippen molar-refractivity contribution in [3.8, 4) is 11.4 Å². The predicted molar refractivity (Wildman–Crippen MR) is 128 cm³/mol. The minimum absolute atomic E-state index is 0.336. The fourth-order valence-electron chi connectivity index (χ4n) is 3.83. The van der Waals surface area contributed by atoms with Crippen molar-refractivity contribution < 1.29 is 22.7 Å². The summed E-state index contributed by atoms with van der Waals surface area (Å²) in [7, 11) is 0. The number of nitrogens with zero attached hydrogens (tertiary/aromatic N) is 2. The first-order valence-electron chi connectivity index (χ1n) is 11.2. The van der Waals surface area contributed by atoms with Crippen molar-refractivity contribution in [3.63, 3.8) is 0 Å². The van der Waals surface area contributed by atoms with Crippen LogP contribution in [0.15, 0.2) is 66.9 Å². The molecule has 1 aromatic heterocycles. The minimum Gasteiger partial charge on any atom is -0.484 e. The number of hydrogen-bond acceptors (Lipinski definition) is 3. The second-order valence-corrected chi connectivity index (χ2v) is 9.03. The van der Waals surface area contributed by atoms with Crippen LogP contribution in [0.4, 0.5) is 13.2 Å². The number of amides is 1. The number of carbonyl (C=O) groups excluding carboxylic acids is 1. The number of benzene rings is 3. The van der Waals surface area contributed by atoms with Gasteiger partial charge in [-0.05, 0) is 87.9 Å². The second kappa shape index (κ2) is 9.44. The summed E-state index contributed by atoms with van der Waals surface area (Å²) in [6, 6.07) is 15.0. The summed E-state index contributed by atoms with van der Waals surface area (Å²) in [6.45, 7) is 5.84. The summed E-state index contributed by atoms with van der Waals surface area (Å²) < 4.78 is 49.5. The van der Waals surface area contributed by atoms with Gasteiger partial charge in [-0.1, -0.05) is 6.07 Å². The van der Waals surface area contributed by atoms with Crippen molar-refractivity contribution in [2.45, 2.75) is 45.5 Å². The standard InChI is InChI=1S/C27H26F3N3O2/c1-16-5-6-20(29)14-23(16)25(17(2)32-26(34)27(3,4)30)35-22-11-12-24-18(13-22)15-31-33(24)21-9-7-19(28)8-10-21/h5-15,17,25H,1-4H3,(H,32,34). The summed E-state index contributed by atoms with van der Waals surface area (Å²) in [5.74, 6) is -1.11. The molecule has 1 amide bonds. The highest BCUT2D eigenvalue weighted by atomic mass is 19.1. The molecule has 3 aromatic carbocycles. The van der Waals surface area contributed by atoms with Crippen LogP contribution >= 0.6 is 0 Å². The van der Waals surface area contributed by atoms with Crippen LogP contribution in [-0.4, -0.2) is 27.4 Å². The van der Waals surface area contributed by atoms with Gasteiger partial charge in [0.1, 0.15) is 23.5 Å². The molecule has 0 aliphatic heterocycles. The van der Waals surface area contributed by atoms with E-state index in [1.165, 1.54) is 38.1 Å². The molecule has 2 unspecified atom stereocenters. The first-order chi connectivity index (χ1) is 16.5. The maximum Gasteiger partial charge on any atom is 0.257 e. The molecule has 1 N–H and O–H groups in total. The highest BCUT2D eigenvalue weighted by molar-refractivity contribution is 5.84. The molecule has 0 aliphatic carbocycles. The van der Waals surface area contributed by atoms with E-state index >= 15 is 0 Å². The third-order valence-electron chi connectivity index (χ3n) is 5.77. The first-order valence-corrected chi connectivity index (χ1v) is 11.2. The van der Waals surface area contributed by atoms with Gasteiger partial charge in [-0.25, -0.2) is 17.9 Å². The Bertz CT molecular complexity index is 1360. The molecule has 0 radical (unpaired) electrons. The highest BCUT2D eigenvalue weighted by Crippen LogP contribution is 2.31. The van der Waals surface area contributed by atoms with Crippen LogP contribution in [0.1, 0.15) is 38.0 Å². The van der Waals surface area contributed by atoms with Gasteiger partial charge in [-0.15, -0.1) is 0 Å². The molecule has 1 heterocycles. The summed E-state index contributed by atoms with van der Waals surface area (Å²) in [5.41, 5.74) is 0.708. The monoisotopic (exact) mass is 481 g/mol. The lowest BCUT2D eigenvalue weighted by atomic mass is 9.97. The van der Waals surface area contributed by atoms with Gasteiger partial charge in [0, 0.05) is 10.9 Å². The third-order valence-corrected chi connectivity index (χ3v) is 5.77. The molecule has 2 atom stereocenters. The Kier molecular flexibility index (Phi) is 6.56. The highest BCUT2D eigenvalue weighted by Gasteiger charge is 2.32. The molecule has 5 nitrogen and oxygen atoms in total. The zero-order valence-electron chi connectivity index (χ0n) is 19.9. The van der Waals surface area contributed by atoms with Crippen LogP contribution in [0.3, 0.4) is 0 Å². The molecule has 0 fully saturated rings. The van der Waals surface area contributed by atoms with E-state index in [0.717, 1.165) is 16.5 Å². The Morgan fingerprint density at radius 2 is 1.71 bits per heavy atom. The first kappa shape index (κ1) is 24.3. The number of fused-ring (bicyclic) bond motifs is 1. The molecular formula is C27H26F3N3O2. The van der Waals surface area contributed by atoms with Gasteiger partial charge >= 0.3 is 0 Å². The van der Waals surface area contributed by atoms with Gasteiger partial charge in [0.15, 0.2) is 5.67 Å². The van der Waals surface area contributed by atoms with E-state index in [0.29, 0.717) is 17.0 Å². The summed E-state index contributed by atoms with van der Waals surface area (Å²) in [5, 5.41) is 7.80. The summed E-state index contributed by atoms with van der Waals surface area (Å²) in [6.07, 6.45) is 0.867. The third kappa shape index (κ3) is 5.31. The number of rotatable bonds is 7. The second-order valence-electron chi connectivity index (χ2n) is 9.03. The smallest absolute Gasteiger partial charge is 0.257 e. The number of aryl methyl sites for hydroxylation is 1. The van der Waals surface area contributed by atoms with Crippen LogP contribution < -0.4 is 10.1 Å². The molecule has 0 spiro atoms. The van der Waals surface area contributed by atoms with Crippen LogP contribution in [-0.2, 0) is 4.79 Å². The topological polar surface area (TPSA) is 56.1 Å². The minimum atomic E-state index is -2.08. The number of alkyl halides is 1. The number of carbonyl (C=O) groups is 1. The average Bonchev–Trinajstić information content (AvgIpc) is 3.22. The molecule has 182 valence electrons. The lowest BCUT2D eigenvalue weighted by molar-refractivity contribution is -0.132. The largest absolute Gasteiger partial charge is 0.484 e. The Morgan fingerprint density at radius 1 is 1.03 bits per heavy atom. The van der Waals surface area contributed by atoms with E-state index in [9.17, 15) is 18.0 Å². The van der Waals surface area contributed by atoms with Gasteiger partial charge in [-0.3, -0.25) is 4.79 Å². The molecule has 0 saturated heterocycles.